The van der Waals surface area contributed by atoms with E-state index in [1.165, 1.54) is 13.4 Å². The highest BCUT2D eigenvalue weighted by Gasteiger charge is 2.33. The Kier molecular flexibility index (Phi) is 4.03. The average Bonchev–Trinajstić information content (AvgIpc) is 2.85. The van der Waals surface area contributed by atoms with Crippen molar-refractivity contribution in [2.24, 2.45) is 5.92 Å². The number of esters is 1. The monoisotopic (exact) mass is 235 g/mol. The van der Waals surface area contributed by atoms with Crippen LogP contribution < -0.4 is 5.32 Å². The Bertz CT molecular complexity index is 369. The highest BCUT2D eigenvalue weighted by atomic mass is 16.5. The van der Waals surface area contributed by atoms with Crippen molar-refractivity contribution in [3.8, 4) is 0 Å². The molecule has 1 saturated carbocycles. The van der Waals surface area contributed by atoms with Gasteiger partial charge in [-0.25, -0.2) is 9.97 Å². The molecular weight excluding hydrogens is 218 g/mol. The number of methoxy groups -OCH3 is 1. The fourth-order valence-electron chi connectivity index (χ4n) is 2.31. The zero-order valence-corrected chi connectivity index (χ0v) is 9.93. The zero-order valence-electron chi connectivity index (χ0n) is 9.93. The molecule has 0 aliphatic heterocycles. The third-order valence-electron chi connectivity index (χ3n) is 3.20. The molecule has 2 atom stereocenters. The number of nitrogens with zero attached hydrogens (tertiary/aromatic N) is 2. The summed E-state index contributed by atoms with van der Waals surface area (Å²) in [6, 6.07) is 0.211. The highest BCUT2D eigenvalue weighted by molar-refractivity contribution is 5.73. The minimum Gasteiger partial charge on any atom is -0.469 e. The molecule has 0 radical (unpaired) electrons. The van der Waals surface area contributed by atoms with Crippen LogP contribution in [0.1, 0.15) is 24.8 Å². The standard InChI is InChI=1S/C12H17N3O2/c1-17-12(16)10-3-2-4-11(10)15-7-9-5-13-8-14-6-9/h5-6,8,10-11,15H,2-4,7H2,1H3/t10-,11+/m1/s1. The number of nitrogens with one attached hydrogen (secondary N) is 1. The Morgan fingerprint density at radius 3 is 2.94 bits per heavy atom. The largest absolute Gasteiger partial charge is 0.469 e. The number of hydrogen-bond donors (Lipinski definition) is 1. The molecule has 2 rings (SSSR count). The summed E-state index contributed by atoms with van der Waals surface area (Å²) in [4.78, 5) is 19.5. The van der Waals surface area contributed by atoms with Crippen LogP contribution >= 0.6 is 0 Å². The summed E-state index contributed by atoms with van der Waals surface area (Å²) >= 11 is 0. The third kappa shape index (κ3) is 3.00. The summed E-state index contributed by atoms with van der Waals surface area (Å²) in [5.41, 5.74) is 1.03. The van der Waals surface area contributed by atoms with Crippen LogP contribution in [0.15, 0.2) is 18.7 Å². The summed E-state index contributed by atoms with van der Waals surface area (Å²) in [5, 5.41) is 3.38. The van der Waals surface area contributed by atoms with E-state index in [0.29, 0.717) is 6.54 Å². The molecule has 1 aromatic rings. The molecule has 5 heteroatoms. The van der Waals surface area contributed by atoms with Crippen molar-refractivity contribution < 1.29 is 9.53 Å². The molecular formula is C12H17N3O2. The van der Waals surface area contributed by atoms with Gasteiger partial charge in [0, 0.05) is 30.5 Å². The number of aromatic nitrogens is 2. The van der Waals surface area contributed by atoms with Crippen molar-refractivity contribution in [2.45, 2.75) is 31.8 Å². The maximum atomic E-state index is 11.5. The smallest absolute Gasteiger partial charge is 0.310 e. The SMILES string of the molecule is COC(=O)[C@@H]1CCC[C@@H]1NCc1cncnc1. The Labute approximate surface area is 101 Å². The lowest BCUT2D eigenvalue weighted by Crippen LogP contribution is -2.36. The van der Waals surface area contributed by atoms with Crippen LogP contribution in [-0.2, 0) is 16.1 Å². The second kappa shape index (κ2) is 5.72. The Morgan fingerprint density at radius 2 is 2.24 bits per heavy atom. The van der Waals surface area contributed by atoms with E-state index < -0.39 is 0 Å². The second-order valence-corrected chi connectivity index (χ2v) is 4.29. The van der Waals surface area contributed by atoms with Crippen molar-refractivity contribution in [3.05, 3.63) is 24.3 Å². The molecule has 1 heterocycles. The Morgan fingerprint density at radius 1 is 1.47 bits per heavy atom. The van der Waals surface area contributed by atoms with Gasteiger partial charge < -0.3 is 10.1 Å². The summed E-state index contributed by atoms with van der Waals surface area (Å²) in [6.07, 6.45) is 8.08. The van der Waals surface area contributed by atoms with Gasteiger partial charge in [0.15, 0.2) is 0 Å². The van der Waals surface area contributed by atoms with Gasteiger partial charge in [-0.3, -0.25) is 4.79 Å². The summed E-state index contributed by atoms with van der Waals surface area (Å²) in [7, 11) is 1.45. The van der Waals surface area contributed by atoms with Crippen LogP contribution in [0.2, 0.25) is 0 Å². The minimum absolute atomic E-state index is 0.00960. The number of ether oxygens (including phenoxy) is 1. The van der Waals surface area contributed by atoms with E-state index in [4.69, 9.17) is 4.74 Å². The van der Waals surface area contributed by atoms with Crippen LogP contribution in [0.3, 0.4) is 0 Å². The van der Waals surface area contributed by atoms with Gasteiger partial charge in [-0.2, -0.15) is 0 Å². The fraction of sp³-hybridized carbons (Fsp3) is 0.583. The van der Waals surface area contributed by atoms with Gasteiger partial charge in [-0.15, -0.1) is 0 Å². The molecule has 1 aromatic heterocycles. The minimum atomic E-state index is -0.107. The molecule has 0 bridgehead atoms. The third-order valence-corrected chi connectivity index (χ3v) is 3.20. The molecule has 1 aliphatic carbocycles. The van der Waals surface area contributed by atoms with E-state index in [2.05, 4.69) is 15.3 Å². The number of carbonyl (C=O) groups is 1. The number of rotatable bonds is 4. The molecule has 1 aliphatic rings. The summed E-state index contributed by atoms with van der Waals surface area (Å²) in [5.74, 6) is -0.117. The zero-order chi connectivity index (χ0) is 12.1. The van der Waals surface area contributed by atoms with Crippen molar-refractivity contribution in [3.63, 3.8) is 0 Å². The molecule has 0 aromatic carbocycles. The topological polar surface area (TPSA) is 64.1 Å². The van der Waals surface area contributed by atoms with Crippen molar-refractivity contribution in [2.75, 3.05) is 7.11 Å². The van der Waals surface area contributed by atoms with Gasteiger partial charge in [-0.05, 0) is 12.8 Å². The van der Waals surface area contributed by atoms with Gasteiger partial charge >= 0.3 is 5.97 Å². The molecule has 0 amide bonds. The van der Waals surface area contributed by atoms with E-state index in [-0.39, 0.29) is 17.9 Å². The lowest BCUT2D eigenvalue weighted by atomic mass is 10.0. The fourth-order valence-corrected chi connectivity index (χ4v) is 2.31. The predicted octanol–water partition coefficient (Wildman–Crippen LogP) is 0.908. The maximum absolute atomic E-state index is 11.5. The van der Waals surface area contributed by atoms with Crippen molar-refractivity contribution >= 4 is 5.97 Å². The number of hydrogen-bond acceptors (Lipinski definition) is 5. The molecule has 1 N–H and O–H groups in total. The van der Waals surface area contributed by atoms with Gasteiger partial charge in [0.1, 0.15) is 6.33 Å². The van der Waals surface area contributed by atoms with Crippen LogP contribution in [0, 0.1) is 5.92 Å². The molecule has 1 fully saturated rings. The van der Waals surface area contributed by atoms with Crippen LogP contribution in [0.4, 0.5) is 0 Å². The molecule has 92 valence electrons. The van der Waals surface area contributed by atoms with Crippen molar-refractivity contribution in [1.29, 1.82) is 0 Å². The first-order valence-electron chi connectivity index (χ1n) is 5.86. The number of carbonyl (C=O) groups excluding carboxylic acids is 1. The summed E-state index contributed by atoms with van der Waals surface area (Å²) < 4.78 is 4.81. The van der Waals surface area contributed by atoms with Crippen LogP contribution in [0.5, 0.6) is 0 Å². The van der Waals surface area contributed by atoms with Crippen LogP contribution in [-0.4, -0.2) is 29.1 Å². The molecule has 0 spiro atoms. The van der Waals surface area contributed by atoms with E-state index in [1.54, 1.807) is 12.4 Å². The predicted molar refractivity (Wildman–Crippen MR) is 62.0 cm³/mol. The van der Waals surface area contributed by atoms with E-state index in [0.717, 1.165) is 24.8 Å². The van der Waals surface area contributed by atoms with E-state index in [9.17, 15) is 4.79 Å². The van der Waals surface area contributed by atoms with E-state index >= 15 is 0 Å². The van der Waals surface area contributed by atoms with Gasteiger partial charge in [0.2, 0.25) is 0 Å². The molecule has 0 saturated heterocycles. The van der Waals surface area contributed by atoms with Crippen molar-refractivity contribution in [1.82, 2.24) is 15.3 Å². The Balaban J connectivity index is 1.88. The lowest BCUT2D eigenvalue weighted by Gasteiger charge is -2.18. The van der Waals surface area contributed by atoms with Gasteiger partial charge in [0.05, 0.1) is 13.0 Å². The molecule has 0 unspecified atom stereocenters. The first-order valence-corrected chi connectivity index (χ1v) is 5.86. The maximum Gasteiger partial charge on any atom is 0.310 e. The van der Waals surface area contributed by atoms with Crippen LogP contribution in [0.25, 0.3) is 0 Å². The Hall–Kier alpha value is -1.49. The highest BCUT2D eigenvalue weighted by Crippen LogP contribution is 2.26. The second-order valence-electron chi connectivity index (χ2n) is 4.29. The first kappa shape index (κ1) is 12.0. The normalized spacial score (nSPS) is 23.6. The van der Waals surface area contributed by atoms with Gasteiger partial charge in [-0.1, -0.05) is 6.42 Å². The molecule has 5 nitrogen and oxygen atoms in total. The quantitative estimate of drug-likeness (QED) is 0.786. The van der Waals surface area contributed by atoms with Gasteiger partial charge in [0.25, 0.3) is 0 Å². The summed E-state index contributed by atoms with van der Waals surface area (Å²) in [6.45, 7) is 0.693. The first-order chi connectivity index (χ1) is 8.31. The molecule has 17 heavy (non-hydrogen) atoms. The lowest BCUT2D eigenvalue weighted by molar-refractivity contribution is -0.145. The van der Waals surface area contributed by atoms with E-state index in [1.807, 2.05) is 0 Å². The average molecular weight is 235 g/mol.